The molecule has 1 unspecified atom stereocenters. The molecule has 0 spiro atoms. The Bertz CT molecular complexity index is 496. The fourth-order valence-corrected chi connectivity index (χ4v) is 2.04. The van der Waals surface area contributed by atoms with Gasteiger partial charge in [-0.2, -0.15) is 0 Å². The van der Waals surface area contributed by atoms with Crippen LogP contribution in [0.15, 0.2) is 36.4 Å². The monoisotopic (exact) mass is 303 g/mol. The molecule has 0 aliphatic rings. The van der Waals surface area contributed by atoms with E-state index in [1.807, 2.05) is 44.2 Å². The molecule has 1 aromatic carbocycles. The van der Waals surface area contributed by atoms with Gasteiger partial charge in [-0.1, -0.05) is 37.3 Å². The lowest BCUT2D eigenvalue weighted by molar-refractivity contribution is -0.144. The number of carbonyl (C=O) groups is 2. The Labute approximate surface area is 132 Å². The van der Waals surface area contributed by atoms with Crippen LogP contribution in [0.25, 0.3) is 6.08 Å². The summed E-state index contributed by atoms with van der Waals surface area (Å²) >= 11 is 0. The van der Waals surface area contributed by atoms with E-state index in [0.717, 1.165) is 12.0 Å². The van der Waals surface area contributed by atoms with Gasteiger partial charge in [0.2, 0.25) is 5.91 Å². The van der Waals surface area contributed by atoms with Crippen LogP contribution in [0, 0.1) is 0 Å². The van der Waals surface area contributed by atoms with E-state index in [1.165, 1.54) is 0 Å². The minimum Gasteiger partial charge on any atom is -0.466 e. The van der Waals surface area contributed by atoms with Crippen LogP contribution < -0.4 is 0 Å². The van der Waals surface area contributed by atoms with Gasteiger partial charge in [-0.25, -0.2) is 0 Å². The number of amides is 1. The summed E-state index contributed by atoms with van der Waals surface area (Å²) in [6.45, 7) is 6.53. The van der Waals surface area contributed by atoms with Crippen molar-refractivity contribution in [3.63, 3.8) is 0 Å². The number of esters is 1. The van der Waals surface area contributed by atoms with Gasteiger partial charge in [0.15, 0.2) is 0 Å². The fraction of sp³-hybridized carbons (Fsp3) is 0.444. The predicted molar refractivity (Wildman–Crippen MR) is 88.2 cm³/mol. The number of rotatable bonds is 8. The summed E-state index contributed by atoms with van der Waals surface area (Å²) in [7, 11) is 0. The van der Waals surface area contributed by atoms with E-state index in [1.54, 1.807) is 24.0 Å². The lowest BCUT2D eigenvalue weighted by Gasteiger charge is -2.27. The molecule has 0 saturated heterocycles. The van der Waals surface area contributed by atoms with Crippen molar-refractivity contribution >= 4 is 18.0 Å². The first kappa shape index (κ1) is 18.0. The Kier molecular flexibility index (Phi) is 7.97. The molecular formula is C18H25NO3. The van der Waals surface area contributed by atoms with Crippen molar-refractivity contribution in [2.45, 2.75) is 39.7 Å². The number of hydrogen-bond acceptors (Lipinski definition) is 3. The zero-order chi connectivity index (χ0) is 16.4. The van der Waals surface area contributed by atoms with Crippen LogP contribution in [-0.2, 0) is 14.3 Å². The highest BCUT2D eigenvalue weighted by atomic mass is 16.5. The molecule has 120 valence electrons. The molecule has 0 N–H and O–H groups in total. The summed E-state index contributed by atoms with van der Waals surface area (Å²) in [5.74, 6) is -0.349. The highest BCUT2D eigenvalue weighted by Gasteiger charge is 2.18. The summed E-state index contributed by atoms with van der Waals surface area (Å²) in [4.78, 5) is 25.6. The molecule has 0 aromatic heterocycles. The highest BCUT2D eigenvalue weighted by molar-refractivity contribution is 5.92. The zero-order valence-electron chi connectivity index (χ0n) is 13.6. The zero-order valence-corrected chi connectivity index (χ0v) is 13.6. The van der Waals surface area contributed by atoms with Crippen LogP contribution in [-0.4, -0.2) is 36.0 Å². The third-order valence-electron chi connectivity index (χ3n) is 3.49. The molecule has 22 heavy (non-hydrogen) atoms. The van der Waals surface area contributed by atoms with E-state index >= 15 is 0 Å². The average Bonchev–Trinajstić information content (AvgIpc) is 2.54. The summed E-state index contributed by atoms with van der Waals surface area (Å²) in [6, 6.07) is 9.76. The summed E-state index contributed by atoms with van der Waals surface area (Å²) in [5.41, 5.74) is 0.977. The molecule has 0 saturated carbocycles. The first-order valence-electron chi connectivity index (χ1n) is 7.77. The molecule has 0 aliphatic heterocycles. The molecule has 1 atom stereocenters. The van der Waals surface area contributed by atoms with E-state index in [4.69, 9.17) is 4.74 Å². The van der Waals surface area contributed by atoms with Gasteiger partial charge in [0.25, 0.3) is 0 Å². The first-order chi connectivity index (χ1) is 10.6. The Hall–Kier alpha value is -2.10. The predicted octanol–water partition coefficient (Wildman–Crippen LogP) is 3.28. The fourth-order valence-electron chi connectivity index (χ4n) is 2.04. The Balaban J connectivity index is 2.68. The number of carbonyl (C=O) groups excluding carboxylic acids is 2. The van der Waals surface area contributed by atoms with Crippen molar-refractivity contribution in [2.24, 2.45) is 0 Å². The second-order valence-electron chi connectivity index (χ2n) is 5.09. The quantitative estimate of drug-likeness (QED) is 0.547. The second kappa shape index (κ2) is 9.77. The van der Waals surface area contributed by atoms with Crippen LogP contribution in [0.2, 0.25) is 0 Å². The number of nitrogens with zero attached hydrogens (tertiary/aromatic N) is 1. The van der Waals surface area contributed by atoms with Gasteiger partial charge in [-0.3, -0.25) is 9.59 Å². The van der Waals surface area contributed by atoms with Crippen molar-refractivity contribution < 1.29 is 14.3 Å². The number of ether oxygens (including phenoxy) is 1. The van der Waals surface area contributed by atoms with Gasteiger partial charge < -0.3 is 9.64 Å². The minimum atomic E-state index is -0.268. The highest BCUT2D eigenvalue weighted by Crippen LogP contribution is 2.08. The normalized spacial score (nSPS) is 12.1. The maximum absolute atomic E-state index is 12.4. The standard InChI is InChI=1S/C18H25NO3/c1-4-15(3)19(14-13-18(21)22-5-2)17(20)12-11-16-9-7-6-8-10-16/h6-12,15H,4-5,13-14H2,1-3H3/b12-11+. The van der Waals surface area contributed by atoms with Gasteiger partial charge in [0.05, 0.1) is 13.0 Å². The molecule has 1 amide bonds. The van der Waals surface area contributed by atoms with E-state index in [-0.39, 0.29) is 24.3 Å². The summed E-state index contributed by atoms with van der Waals surface area (Å²) in [5, 5.41) is 0. The van der Waals surface area contributed by atoms with Gasteiger partial charge in [-0.05, 0) is 31.9 Å². The topological polar surface area (TPSA) is 46.6 Å². The van der Waals surface area contributed by atoms with E-state index in [2.05, 4.69) is 0 Å². The van der Waals surface area contributed by atoms with Gasteiger partial charge >= 0.3 is 5.97 Å². The maximum Gasteiger partial charge on any atom is 0.307 e. The second-order valence-corrected chi connectivity index (χ2v) is 5.09. The summed E-state index contributed by atoms with van der Waals surface area (Å²) < 4.78 is 4.92. The lowest BCUT2D eigenvalue weighted by Crippen LogP contribution is -2.38. The van der Waals surface area contributed by atoms with E-state index in [9.17, 15) is 9.59 Å². The smallest absolute Gasteiger partial charge is 0.307 e. The Morgan fingerprint density at radius 1 is 1.23 bits per heavy atom. The van der Waals surface area contributed by atoms with Crippen LogP contribution in [0.4, 0.5) is 0 Å². The largest absolute Gasteiger partial charge is 0.466 e. The third kappa shape index (κ3) is 6.12. The average molecular weight is 303 g/mol. The van der Waals surface area contributed by atoms with E-state index < -0.39 is 0 Å². The number of hydrogen-bond donors (Lipinski definition) is 0. The Morgan fingerprint density at radius 2 is 1.91 bits per heavy atom. The molecule has 1 rings (SSSR count). The molecule has 1 aromatic rings. The van der Waals surface area contributed by atoms with Gasteiger partial charge in [0, 0.05) is 18.7 Å². The van der Waals surface area contributed by atoms with Crippen molar-refractivity contribution in [2.75, 3.05) is 13.2 Å². The van der Waals surface area contributed by atoms with Crippen LogP contribution >= 0.6 is 0 Å². The van der Waals surface area contributed by atoms with Crippen LogP contribution in [0.3, 0.4) is 0 Å². The van der Waals surface area contributed by atoms with Crippen LogP contribution in [0.1, 0.15) is 39.2 Å². The third-order valence-corrected chi connectivity index (χ3v) is 3.49. The van der Waals surface area contributed by atoms with E-state index in [0.29, 0.717) is 13.2 Å². The van der Waals surface area contributed by atoms with Gasteiger partial charge in [0.1, 0.15) is 0 Å². The molecule has 4 heteroatoms. The Morgan fingerprint density at radius 3 is 2.50 bits per heavy atom. The molecule has 0 radical (unpaired) electrons. The van der Waals surface area contributed by atoms with Crippen molar-refractivity contribution in [3.8, 4) is 0 Å². The summed E-state index contributed by atoms with van der Waals surface area (Å²) in [6.07, 6.45) is 4.42. The lowest BCUT2D eigenvalue weighted by atomic mass is 10.1. The molecule has 4 nitrogen and oxygen atoms in total. The number of benzene rings is 1. The molecule has 0 heterocycles. The maximum atomic E-state index is 12.4. The van der Waals surface area contributed by atoms with Crippen molar-refractivity contribution in [1.29, 1.82) is 0 Å². The molecule has 0 bridgehead atoms. The molecule has 0 fully saturated rings. The van der Waals surface area contributed by atoms with Gasteiger partial charge in [-0.15, -0.1) is 0 Å². The molecule has 0 aliphatic carbocycles. The van der Waals surface area contributed by atoms with Crippen molar-refractivity contribution in [3.05, 3.63) is 42.0 Å². The molecular weight excluding hydrogens is 278 g/mol. The minimum absolute atomic E-state index is 0.0810. The SMILES string of the molecule is CCOC(=O)CCN(C(=O)/C=C/c1ccccc1)C(C)CC. The van der Waals surface area contributed by atoms with Crippen molar-refractivity contribution in [1.82, 2.24) is 4.90 Å². The van der Waals surface area contributed by atoms with Crippen LogP contribution in [0.5, 0.6) is 0 Å². The first-order valence-corrected chi connectivity index (χ1v) is 7.77.